The van der Waals surface area contributed by atoms with Crippen molar-refractivity contribution in [1.29, 1.82) is 0 Å². The Labute approximate surface area is 61.1 Å². The molecule has 0 saturated heterocycles. The van der Waals surface area contributed by atoms with E-state index in [4.69, 9.17) is 5.73 Å². The van der Waals surface area contributed by atoms with E-state index in [0.29, 0.717) is 0 Å². The maximum atomic E-state index is 11.0. The SMILES string of the molecule is C=CC(=O)C1CCCC1N. The smallest absolute Gasteiger partial charge is 0.159 e. The first-order valence-corrected chi connectivity index (χ1v) is 3.67. The monoisotopic (exact) mass is 139 g/mol. The summed E-state index contributed by atoms with van der Waals surface area (Å²) in [5, 5.41) is 0. The molecule has 0 spiro atoms. The molecule has 1 saturated carbocycles. The second-order valence-corrected chi connectivity index (χ2v) is 2.81. The zero-order valence-electron chi connectivity index (χ0n) is 6.05. The minimum Gasteiger partial charge on any atom is -0.327 e. The molecule has 0 radical (unpaired) electrons. The van der Waals surface area contributed by atoms with Gasteiger partial charge >= 0.3 is 0 Å². The number of allylic oxidation sites excluding steroid dienone is 1. The zero-order chi connectivity index (χ0) is 7.56. The lowest BCUT2D eigenvalue weighted by Crippen LogP contribution is -2.29. The van der Waals surface area contributed by atoms with E-state index in [0.717, 1.165) is 19.3 Å². The molecule has 2 nitrogen and oxygen atoms in total. The molecule has 1 aliphatic carbocycles. The van der Waals surface area contributed by atoms with Crippen LogP contribution < -0.4 is 5.73 Å². The van der Waals surface area contributed by atoms with E-state index in [9.17, 15) is 4.79 Å². The van der Waals surface area contributed by atoms with E-state index in [1.165, 1.54) is 6.08 Å². The molecule has 56 valence electrons. The van der Waals surface area contributed by atoms with Crippen molar-refractivity contribution in [3.05, 3.63) is 12.7 Å². The summed E-state index contributed by atoms with van der Waals surface area (Å²) in [4.78, 5) is 11.0. The molecule has 0 bridgehead atoms. The lowest BCUT2D eigenvalue weighted by atomic mass is 9.99. The molecule has 2 atom stereocenters. The van der Waals surface area contributed by atoms with Gasteiger partial charge in [0.05, 0.1) is 0 Å². The highest BCUT2D eigenvalue weighted by Gasteiger charge is 2.27. The third kappa shape index (κ3) is 1.27. The van der Waals surface area contributed by atoms with Crippen LogP contribution >= 0.6 is 0 Å². The summed E-state index contributed by atoms with van der Waals surface area (Å²) in [5.41, 5.74) is 5.69. The zero-order valence-corrected chi connectivity index (χ0v) is 6.05. The molecule has 0 aliphatic heterocycles. The third-order valence-electron chi connectivity index (χ3n) is 2.14. The van der Waals surface area contributed by atoms with Crippen LogP contribution in [0.3, 0.4) is 0 Å². The van der Waals surface area contributed by atoms with E-state index in [2.05, 4.69) is 6.58 Å². The summed E-state index contributed by atoms with van der Waals surface area (Å²) in [6.45, 7) is 3.43. The maximum Gasteiger partial charge on any atom is 0.159 e. The average Bonchev–Trinajstić information content (AvgIpc) is 2.34. The Kier molecular flexibility index (Phi) is 2.22. The summed E-state index contributed by atoms with van der Waals surface area (Å²) >= 11 is 0. The lowest BCUT2D eigenvalue weighted by Gasteiger charge is -2.09. The van der Waals surface area contributed by atoms with Crippen molar-refractivity contribution in [2.45, 2.75) is 25.3 Å². The van der Waals surface area contributed by atoms with Crippen LogP contribution in [0.2, 0.25) is 0 Å². The van der Waals surface area contributed by atoms with Gasteiger partial charge in [-0.2, -0.15) is 0 Å². The highest BCUT2D eigenvalue weighted by Crippen LogP contribution is 2.24. The summed E-state index contributed by atoms with van der Waals surface area (Å²) in [5.74, 6) is 0.183. The molecule has 2 heteroatoms. The fraction of sp³-hybridized carbons (Fsp3) is 0.625. The summed E-state index contributed by atoms with van der Waals surface area (Å²) in [6, 6.07) is 0.0884. The van der Waals surface area contributed by atoms with Gasteiger partial charge in [0, 0.05) is 12.0 Å². The second-order valence-electron chi connectivity index (χ2n) is 2.81. The molecule has 1 rings (SSSR count). The van der Waals surface area contributed by atoms with E-state index in [-0.39, 0.29) is 17.7 Å². The fourth-order valence-electron chi connectivity index (χ4n) is 1.49. The van der Waals surface area contributed by atoms with Crippen molar-refractivity contribution in [3.8, 4) is 0 Å². The van der Waals surface area contributed by atoms with Crippen molar-refractivity contribution in [2.24, 2.45) is 11.7 Å². The van der Waals surface area contributed by atoms with Crippen LogP contribution in [0.15, 0.2) is 12.7 Å². The minimum absolute atomic E-state index is 0.0671. The van der Waals surface area contributed by atoms with E-state index < -0.39 is 0 Å². The predicted octanol–water partition coefficient (Wildman–Crippen LogP) is 0.869. The Morgan fingerprint density at radius 3 is 2.70 bits per heavy atom. The van der Waals surface area contributed by atoms with Crippen LogP contribution in [0.5, 0.6) is 0 Å². The van der Waals surface area contributed by atoms with Crippen molar-refractivity contribution in [3.63, 3.8) is 0 Å². The second kappa shape index (κ2) is 2.97. The van der Waals surface area contributed by atoms with Gasteiger partial charge in [-0.05, 0) is 18.9 Å². The summed E-state index contributed by atoms with van der Waals surface area (Å²) in [7, 11) is 0. The Balaban J connectivity index is 2.54. The van der Waals surface area contributed by atoms with Crippen LogP contribution in [-0.4, -0.2) is 11.8 Å². The number of nitrogens with two attached hydrogens (primary N) is 1. The number of hydrogen-bond acceptors (Lipinski definition) is 2. The normalized spacial score (nSPS) is 32.1. The first-order chi connectivity index (χ1) is 4.75. The van der Waals surface area contributed by atoms with Crippen LogP contribution in [0.25, 0.3) is 0 Å². The van der Waals surface area contributed by atoms with Gasteiger partial charge in [-0.15, -0.1) is 0 Å². The number of ketones is 1. The number of hydrogen-bond donors (Lipinski definition) is 1. The van der Waals surface area contributed by atoms with Crippen LogP contribution in [0.1, 0.15) is 19.3 Å². The first-order valence-electron chi connectivity index (χ1n) is 3.67. The molecular weight excluding hydrogens is 126 g/mol. The number of carbonyl (C=O) groups is 1. The molecule has 2 unspecified atom stereocenters. The minimum atomic E-state index is 0.0671. The summed E-state index contributed by atoms with van der Waals surface area (Å²) < 4.78 is 0. The Morgan fingerprint density at radius 2 is 2.30 bits per heavy atom. The lowest BCUT2D eigenvalue weighted by molar-refractivity contribution is -0.118. The van der Waals surface area contributed by atoms with Crippen molar-refractivity contribution < 1.29 is 4.79 Å². The van der Waals surface area contributed by atoms with Gasteiger partial charge in [-0.1, -0.05) is 13.0 Å². The van der Waals surface area contributed by atoms with E-state index in [1.54, 1.807) is 0 Å². The standard InChI is InChI=1S/C8H13NO/c1-2-8(10)6-4-3-5-7(6)9/h2,6-7H,1,3-5,9H2. The Morgan fingerprint density at radius 1 is 1.60 bits per heavy atom. The van der Waals surface area contributed by atoms with Gasteiger partial charge in [-0.25, -0.2) is 0 Å². The van der Waals surface area contributed by atoms with Crippen LogP contribution in [-0.2, 0) is 4.79 Å². The fourth-order valence-corrected chi connectivity index (χ4v) is 1.49. The van der Waals surface area contributed by atoms with Crippen molar-refractivity contribution in [1.82, 2.24) is 0 Å². The van der Waals surface area contributed by atoms with Crippen molar-refractivity contribution >= 4 is 5.78 Å². The molecular formula is C8H13NO. The predicted molar refractivity (Wildman–Crippen MR) is 40.5 cm³/mol. The van der Waals surface area contributed by atoms with Gasteiger partial charge < -0.3 is 5.73 Å². The molecule has 0 heterocycles. The molecule has 2 N–H and O–H groups in total. The van der Waals surface area contributed by atoms with Gasteiger partial charge in [0.25, 0.3) is 0 Å². The van der Waals surface area contributed by atoms with E-state index >= 15 is 0 Å². The maximum absolute atomic E-state index is 11.0. The quantitative estimate of drug-likeness (QED) is 0.577. The van der Waals surface area contributed by atoms with E-state index in [1.807, 2.05) is 0 Å². The molecule has 1 aliphatic rings. The Hall–Kier alpha value is -0.630. The molecule has 0 aromatic heterocycles. The largest absolute Gasteiger partial charge is 0.327 e. The first kappa shape index (κ1) is 7.48. The van der Waals surface area contributed by atoms with Crippen molar-refractivity contribution in [2.75, 3.05) is 0 Å². The van der Waals surface area contributed by atoms with Crippen LogP contribution in [0.4, 0.5) is 0 Å². The highest BCUT2D eigenvalue weighted by molar-refractivity contribution is 5.91. The van der Waals surface area contributed by atoms with Gasteiger partial charge in [0.15, 0.2) is 5.78 Å². The third-order valence-corrected chi connectivity index (χ3v) is 2.14. The van der Waals surface area contributed by atoms with Crippen LogP contribution in [0, 0.1) is 5.92 Å². The topological polar surface area (TPSA) is 43.1 Å². The molecule has 0 aromatic carbocycles. The highest BCUT2D eigenvalue weighted by atomic mass is 16.1. The van der Waals surface area contributed by atoms with Gasteiger partial charge in [0.1, 0.15) is 0 Å². The van der Waals surface area contributed by atoms with Gasteiger partial charge in [0.2, 0.25) is 0 Å². The molecule has 0 amide bonds. The number of rotatable bonds is 2. The summed E-state index contributed by atoms with van der Waals surface area (Å²) in [6.07, 6.45) is 4.41. The number of carbonyl (C=O) groups excluding carboxylic acids is 1. The van der Waals surface area contributed by atoms with Gasteiger partial charge in [-0.3, -0.25) is 4.79 Å². The molecule has 0 aromatic rings. The average molecular weight is 139 g/mol. The molecule has 1 fully saturated rings. The molecule has 10 heavy (non-hydrogen) atoms. The Bertz CT molecular complexity index is 153.